The second-order valence-electron chi connectivity index (χ2n) is 5.85. The Morgan fingerprint density at radius 3 is 2.60 bits per heavy atom. The third kappa shape index (κ3) is 3.49. The Morgan fingerprint density at radius 2 is 1.88 bits per heavy atom. The van der Waals surface area contributed by atoms with Crippen molar-refractivity contribution in [1.29, 1.82) is 0 Å². The van der Waals surface area contributed by atoms with Gasteiger partial charge < -0.3 is 13.7 Å². The lowest BCUT2D eigenvalue weighted by Gasteiger charge is -2.36. The molecular weight excluding hydrogens is 360 g/mol. The third-order valence-corrected chi connectivity index (χ3v) is 4.85. The van der Waals surface area contributed by atoms with E-state index in [1.54, 1.807) is 23.1 Å². The van der Waals surface area contributed by atoms with Gasteiger partial charge in [-0.15, -0.1) is 5.10 Å². The summed E-state index contributed by atoms with van der Waals surface area (Å²) in [6.07, 6.45) is 1.58. The molecule has 1 aliphatic rings. The Kier molecular flexibility index (Phi) is 4.61. The Balaban J connectivity index is 1.41. The SMILES string of the molecule is S=c1oc(-c2ccco2)nn1CN1CCN(c2ccccc2Cl)CC1. The van der Waals surface area contributed by atoms with Crippen LogP contribution in [-0.4, -0.2) is 40.9 Å². The first-order valence-electron chi connectivity index (χ1n) is 8.04. The molecule has 4 rings (SSSR count). The number of anilines is 1. The first-order valence-corrected chi connectivity index (χ1v) is 8.83. The van der Waals surface area contributed by atoms with E-state index in [1.807, 2.05) is 18.2 Å². The normalized spacial score (nSPS) is 15.6. The number of aromatic nitrogens is 2. The van der Waals surface area contributed by atoms with Gasteiger partial charge in [0.2, 0.25) is 0 Å². The molecule has 0 bridgehead atoms. The van der Waals surface area contributed by atoms with Crippen LogP contribution in [0.2, 0.25) is 5.02 Å². The molecule has 0 amide bonds. The van der Waals surface area contributed by atoms with Gasteiger partial charge in [0, 0.05) is 26.2 Å². The summed E-state index contributed by atoms with van der Waals surface area (Å²) in [6.45, 7) is 4.20. The molecule has 1 aliphatic heterocycles. The molecule has 0 radical (unpaired) electrons. The highest BCUT2D eigenvalue weighted by Crippen LogP contribution is 2.26. The zero-order valence-corrected chi connectivity index (χ0v) is 15.0. The molecule has 1 fully saturated rings. The summed E-state index contributed by atoms with van der Waals surface area (Å²) in [6, 6.07) is 11.5. The largest absolute Gasteiger partial charge is 0.459 e. The highest BCUT2D eigenvalue weighted by molar-refractivity contribution is 7.71. The zero-order chi connectivity index (χ0) is 17.2. The molecule has 6 nitrogen and oxygen atoms in total. The van der Waals surface area contributed by atoms with Gasteiger partial charge in [-0.05, 0) is 36.5 Å². The van der Waals surface area contributed by atoms with Crippen molar-refractivity contribution < 1.29 is 8.83 Å². The van der Waals surface area contributed by atoms with Crippen molar-refractivity contribution in [2.75, 3.05) is 31.1 Å². The average molecular weight is 377 g/mol. The minimum atomic E-state index is 0.347. The van der Waals surface area contributed by atoms with Crippen molar-refractivity contribution in [3.05, 3.63) is 52.5 Å². The van der Waals surface area contributed by atoms with Crippen LogP contribution in [0.4, 0.5) is 5.69 Å². The summed E-state index contributed by atoms with van der Waals surface area (Å²) in [7, 11) is 0. The number of para-hydroxylation sites is 1. The van der Waals surface area contributed by atoms with Crippen molar-refractivity contribution in [3.8, 4) is 11.7 Å². The molecule has 2 aromatic heterocycles. The van der Waals surface area contributed by atoms with E-state index in [-0.39, 0.29) is 0 Å². The van der Waals surface area contributed by atoms with Crippen LogP contribution in [0.3, 0.4) is 0 Å². The standard InChI is InChI=1S/C17H17ClN4O2S/c18-13-4-1-2-5-14(13)21-9-7-20(8-10-21)12-22-17(25)24-16(19-22)15-6-3-11-23-15/h1-6,11H,7-10,12H2. The number of nitrogens with zero attached hydrogens (tertiary/aromatic N) is 4. The Hall–Kier alpha value is -2.09. The highest BCUT2D eigenvalue weighted by atomic mass is 35.5. The van der Waals surface area contributed by atoms with Crippen molar-refractivity contribution in [3.63, 3.8) is 0 Å². The molecule has 0 unspecified atom stereocenters. The van der Waals surface area contributed by atoms with Crippen LogP contribution in [0, 0.1) is 4.84 Å². The molecule has 0 atom stereocenters. The summed E-state index contributed by atoms with van der Waals surface area (Å²) in [4.78, 5) is 4.94. The van der Waals surface area contributed by atoms with Crippen molar-refractivity contribution in [2.24, 2.45) is 0 Å². The fourth-order valence-electron chi connectivity index (χ4n) is 2.92. The summed E-state index contributed by atoms with van der Waals surface area (Å²) in [5.74, 6) is 0.984. The zero-order valence-electron chi connectivity index (χ0n) is 13.5. The first kappa shape index (κ1) is 16.4. The second kappa shape index (κ2) is 7.03. The Morgan fingerprint density at radius 1 is 1.08 bits per heavy atom. The molecule has 0 saturated carbocycles. The number of halogens is 1. The van der Waals surface area contributed by atoms with E-state index in [1.165, 1.54) is 0 Å². The van der Waals surface area contributed by atoms with E-state index in [0.29, 0.717) is 23.2 Å². The highest BCUT2D eigenvalue weighted by Gasteiger charge is 2.20. The topological polar surface area (TPSA) is 50.6 Å². The minimum Gasteiger partial charge on any atom is -0.459 e. The van der Waals surface area contributed by atoms with E-state index < -0.39 is 0 Å². The predicted octanol–water partition coefficient (Wildman–Crippen LogP) is 3.90. The molecular formula is C17H17ClN4O2S. The number of benzene rings is 1. The summed E-state index contributed by atoms with van der Waals surface area (Å²) in [5.41, 5.74) is 1.09. The van der Waals surface area contributed by atoms with Crippen LogP contribution in [0.15, 0.2) is 51.5 Å². The van der Waals surface area contributed by atoms with Gasteiger partial charge in [0.15, 0.2) is 5.76 Å². The van der Waals surface area contributed by atoms with Gasteiger partial charge in [0.1, 0.15) is 0 Å². The maximum Gasteiger partial charge on any atom is 0.288 e. The summed E-state index contributed by atoms with van der Waals surface area (Å²) >= 11 is 11.6. The van der Waals surface area contributed by atoms with E-state index in [4.69, 9.17) is 32.7 Å². The van der Waals surface area contributed by atoms with E-state index in [9.17, 15) is 0 Å². The van der Waals surface area contributed by atoms with Gasteiger partial charge in [0.25, 0.3) is 10.7 Å². The molecule has 0 aliphatic carbocycles. The second-order valence-corrected chi connectivity index (χ2v) is 6.60. The summed E-state index contributed by atoms with van der Waals surface area (Å²) < 4.78 is 12.5. The molecule has 1 saturated heterocycles. The molecule has 1 aromatic carbocycles. The number of rotatable bonds is 4. The van der Waals surface area contributed by atoms with Crippen LogP contribution in [-0.2, 0) is 6.67 Å². The van der Waals surface area contributed by atoms with Gasteiger partial charge in [-0.25, -0.2) is 4.68 Å². The molecule has 130 valence electrons. The number of hydrogen-bond donors (Lipinski definition) is 0. The Labute approximate surface area is 155 Å². The van der Waals surface area contributed by atoms with Crippen molar-refractivity contribution in [1.82, 2.24) is 14.7 Å². The maximum absolute atomic E-state index is 6.29. The lowest BCUT2D eigenvalue weighted by atomic mass is 10.2. The number of piperazine rings is 1. The Bertz CT molecular complexity index is 898. The lowest BCUT2D eigenvalue weighted by molar-refractivity contribution is 0.192. The van der Waals surface area contributed by atoms with Gasteiger partial charge in [-0.1, -0.05) is 23.7 Å². The van der Waals surface area contributed by atoms with Crippen LogP contribution in [0.1, 0.15) is 0 Å². The minimum absolute atomic E-state index is 0.347. The smallest absolute Gasteiger partial charge is 0.288 e. The van der Waals surface area contributed by atoms with Gasteiger partial charge in [0.05, 0.1) is 23.6 Å². The van der Waals surface area contributed by atoms with E-state index in [2.05, 4.69) is 21.0 Å². The molecule has 3 heterocycles. The molecule has 0 spiro atoms. The molecule has 0 N–H and O–H groups in total. The van der Waals surface area contributed by atoms with Crippen LogP contribution >= 0.6 is 23.8 Å². The monoisotopic (exact) mass is 376 g/mol. The summed E-state index contributed by atoms with van der Waals surface area (Å²) in [5, 5.41) is 5.20. The average Bonchev–Trinajstić information content (AvgIpc) is 3.27. The van der Waals surface area contributed by atoms with Crippen molar-refractivity contribution in [2.45, 2.75) is 6.67 Å². The van der Waals surface area contributed by atoms with Gasteiger partial charge in [-0.3, -0.25) is 4.90 Å². The van der Waals surface area contributed by atoms with E-state index in [0.717, 1.165) is 36.9 Å². The fraction of sp³-hybridized carbons (Fsp3) is 0.294. The quantitative estimate of drug-likeness (QED) is 0.644. The molecule has 3 aromatic rings. The van der Waals surface area contributed by atoms with Crippen LogP contribution < -0.4 is 4.90 Å². The van der Waals surface area contributed by atoms with Gasteiger partial charge >= 0.3 is 0 Å². The lowest BCUT2D eigenvalue weighted by Crippen LogP contribution is -2.47. The maximum atomic E-state index is 6.29. The van der Waals surface area contributed by atoms with E-state index >= 15 is 0 Å². The predicted molar refractivity (Wildman–Crippen MR) is 98.3 cm³/mol. The molecule has 8 heteroatoms. The first-order chi connectivity index (χ1) is 12.2. The van der Waals surface area contributed by atoms with Crippen molar-refractivity contribution >= 4 is 29.5 Å². The third-order valence-electron chi connectivity index (χ3n) is 4.24. The molecule has 25 heavy (non-hydrogen) atoms. The van der Waals surface area contributed by atoms with Crippen LogP contribution in [0.25, 0.3) is 11.7 Å². The van der Waals surface area contributed by atoms with Gasteiger partial charge in [-0.2, -0.15) is 0 Å². The van der Waals surface area contributed by atoms with Crippen LogP contribution in [0.5, 0.6) is 0 Å². The fourth-order valence-corrected chi connectivity index (χ4v) is 3.36. The number of furan rings is 1. The number of hydrogen-bond acceptors (Lipinski definition) is 6.